The molecule has 3 aromatic heterocycles. The number of fused-ring (bicyclic) bond motifs is 1. The van der Waals surface area contributed by atoms with Crippen LogP contribution in [0, 0.1) is 13.8 Å². The number of hydrogen-bond donors (Lipinski definition) is 0. The van der Waals surface area contributed by atoms with E-state index in [0.29, 0.717) is 42.9 Å². The number of aryl methyl sites for hydroxylation is 2. The van der Waals surface area contributed by atoms with Crippen molar-refractivity contribution < 1.29 is 14.3 Å². The van der Waals surface area contributed by atoms with E-state index in [4.69, 9.17) is 21.1 Å². The molecule has 1 aliphatic rings. The Morgan fingerprint density at radius 2 is 2.21 bits per heavy atom. The highest BCUT2D eigenvalue weighted by molar-refractivity contribution is 6.30. The van der Waals surface area contributed by atoms with E-state index in [1.54, 1.807) is 23.2 Å². The zero-order chi connectivity index (χ0) is 19.7. The summed E-state index contributed by atoms with van der Waals surface area (Å²) in [6, 6.07) is 7.43. The molecule has 0 aromatic carbocycles. The third kappa shape index (κ3) is 3.55. The molecule has 1 atom stereocenters. The molecular weight excluding hydrogens is 380 g/mol. The van der Waals surface area contributed by atoms with Gasteiger partial charge < -0.3 is 14.4 Å². The number of halogens is 1. The van der Waals surface area contributed by atoms with Gasteiger partial charge in [-0.3, -0.25) is 9.20 Å². The first-order valence-electron chi connectivity index (χ1n) is 9.13. The van der Waals surface area contributed by atoms with Gasteiger partial charge in [0.15, 0.2) is 10.9 Å². The fourth-order valence-electron chi connectivity index (χ4n) is 3.39. The first-order valence-corrected chi connectivity index (χ1v) is 9.51. The summed E-state index contributed by atoms with van der Waals surface area (Å²) in [4.78, 5) is 23.6. The van der Waals surface area contributed by atoms with Gasteiger partial charge in [-0.05, 0) is 37.6 Å². The molecule has 1 amide bonds. The Morgan fingerprint density at radius 1 is 1.36 bits per heavy atom. The molecule has 0 spiro atoms. The molecule has 8 heteroatoms. The lowest BCUT2D eigenvalue weighted by atomic mass is 10.2. The standard InChI is InChI=1S/C20H21ClN4O3/c1-13-5-4-8-25-17(14(2)23-19(13)25)20(26)24-9-10-27-15(11-24)12-28-16-6-3-7-22-18(16)21/h3-8,15H,9-12H2,1-2H3. The van der Waals surface area contributed by atoms with Crippen LogP contribution >= 0.6 is 11.6 Å². The van der Waals surface area contributed by atoms with Crippen molar-refractivity contribution in [1.82, 2.24) is 19.3 Å². The molecule has 0 N–H and O–H groups in total. The van der Waals surface area contributed by atoms with Crippen molar-refractivity contribution in [2.75, 3.05) is 26.3 Å². The minimum atomic E-state index is -0.241. The van der Waals surface area contributed by atoms with Gasteiger partial charge in [0.2, 0.25) is 0 Å². The second-order valence-electron chi connectivity index (χ2n) is 6.78. The lowest BCUT2D eigenvalue weighted by Gasteiger charge is -2.32. The largest absolute Gasteiger partial charge is 0.488 e. The quantitative estimate of drug-likeness (QED) is 0.630. The van der Waals surface area contributed by atoms with Crippen molar-refractivity contribution in [3.63, 3.8) is 0 Å². The summed E-state index contributed by atoms with van der Waals surface area (Å²) >= 11 is 6.02. The van der Waals surface area contributed by atoms with E-state index >= 15 is 0 Å². The maximum atomic E-state index is 13.2. The lowest BCUT2D eigenvalue weighted by Crippen LogP contribution is -2.48. The van der Waals surface area contributed by atoms with Gasteiger partial charge in [-0.25, -0.2) is 9.97 Å². The fourth-order valence-corrected chi connectivity index (χ4v) is 3.56. The Labute approximate surface area is 167 Å². The molecule has 3 aromatic rings. The van der Waals surface area contributed by atoms with Crippen molar-refractivity contribution >= 4 is 23.2 Å². The summed E-state index contributed by atoms with van der Waals surface area (Å²) < 4.78 is 13.4. The van der Waals surface area contributed by atoms with E-state index in [9.17, 15) is 4.79 Å². The van der Waals surface area contributed by atoms with E-state index in [1.807, 2.05) is 36.6 Å². The van der Waals surface area contributed by atoms with Gasteiger partial charge in [0.05, 0.1) is 18.8 Å². The smallest absolute Gasteiger partial charge is 0.272 e. The summed E-state index contributed by atoms with van der Waals surface area (Å²) in [5, 5.41) is 0.308. The minimum Gasteiger partial charge on any atom is -0.488 e. The molecule has 146 valence electrons. The number of pyridine rings is 2. The van der Waals surface area contributed by atoms with Crippen LogP contribution in [0.4, 0.5) is 0 Å². The Kier molecular flexibility index (Phi) is 5.19. The van der Waals surface area contributed by atoms with Crippen molar-refractivity contribution in [3.8, 4) is 5.75 Å². The molecular formula is C20H21ClN4O3. The first-order chi connectivity index (χ1) is 13.5. The molecule has 1 fully saturated rings. The molecule has 1 saturated heterocycles. The summed E-state index contributed by atoms with van der Waals surface area (Å²) in [7, 11) is 0. The average Bonchev–Trinajstić information content (AvgIpc) is 3.04. The summed E-state index contributed by atoms with van der Waals surface area (Å²) in [5.74, 6) is 0.452. The molecule has 1 unspecified atom stereocenters. The van der Waals surface area contributed by atoms with Crippen LogP contribution in [0.1, 0.15) is 21.7 Å². The van der Waals surface area contributed by atoms with Gasteiger partial charge in [-0.1, -0.05) is 17.7 Å². The topological polar surface area (TPSA) is 69.0 Å². The first kappa shape index (κ1) is 18.7. The molecule has 28 heavy (non-hydrogen) atoms. The van der Waals surface area contributed by atoms with Gasteiger partial charge in [0.25, 0.3) is 5.91 Å². The Balaban J connectivity index is 1.49. The average molecular weight is 401 g/mol. The van der Waals surface area contributed by atoms with Gasteiger partial charge in [-0.15, -0.1) is 0 Å². The van der Waals surface area contributed by atoms with Crippen LogP contribution in [0.15, 0.2) is 36.7 Å². The van der Waals surface area contributed by atoms with E-state index in [1.165, 1.54) is 0 Å². The SMILES string of the molecule is Cc1nc2c(C)cccn2c1C(=O)N1CCOC(COc2cccnc2Cl)C1. The highest BCUT2D eigenvalue weighted by Gasteiger charge is 2.29. The maximum Gasteiger partial charge on any atom is 0.272 e. The number of imidazole rings is 1. The summed E-state index contributed by atoms with van der Waals surface area (Å²) in [5.41, 5.74) is 3.16. The van der Waals surface area contributed by atoms with Gasteiger partial charge >= 0.3 is 0 Å². The Morgan fingerprint density at radius 3 is 3.04 bits per heavy atom. The molecule has 4 rings (SSSR count). The fraction of sp³-hybridized carbons (Fsp3) is 0.350. The third-order valence-corrected chi connectivity index (χ3v) is 5.08. The molecule has 7 nitrogen and oxygen atoms in total. The summed E-state index contributed by atoms with van der Waals surface area (Å²) in [6.07, 6.45) is 3.24. The molecule has 0 radical (unpaired) electrons. The highest BCUT2D eigenvalue weighted by atomic mass is 35.5. The number of nitrogens with zero attached hydrogens (tertiary/aromatic N) is 4. The number of morpholine rings is 1. The Bertz CT molecular complexity index is 1020. The van der Waals surface area contributed by atoms with Crippen LogP contribution < -0.4 is 4.74 Å². The van der Waals surface area contributed by atoms with Crippen LogP contribution in [-0.2, 0) is 4.74 Å². The Hall–Kier alpha value is -2.64. The van der Waals surface area contributed by atoms with Crippen LogP contribution in [0.25, 0.3) is 5.65 Å². The van der Waals surface area contributed by atoms with E-state index in [2.05, 4.69) is 9.97 Å². The molecule has 0 aliphatic carbocycles. The zero-order valence-electron chi connectivity index (χ0n) is 15.8. The van der Waals surface area contributed by atoms with Crippen LogP contribution in [0.2, 0.25) is 5.15 Å². The van der Waals surface area contributed by atoms with Crippen molar-refractivity contribution in [2.24, 2.45) is 0 Å². The van der Waals surface area contributed by atoms with Crippen LogP contribution in [0.3, 0.4) is 0 Å². The third-order valence-electron chi connectivity index (χ3n) is 4.80. The highest BCUT2D eigenvalue weighted by Crippen LogP contribution is 2.22. The van der Waals surface area contributed by atoms with Crippen molar-refractivity contribution in [1.29, 1.82) is 0 Å². The molecule has 0 saturated carbocycles. The lowest BCUT2D eigenvalue weighted by molar-refractivity contribution is -0.0403. The number of ether oxygens (including phenoxy) is 2. The number of hydrogen-bond acceptors (Lipinski definition) is 5. The van der Waals surface area contributed by atoms with Gasteiger partial charge in [-0.2, -0.15) is 0 Å². The van der Waals surface area contributed by atoms with E-state index in [-0.39, 0.29) is 12.0 Å². The number of carbonyl (C=O) groups is 1. The summed E-state index contributed by atoms with van der Waals surface area (Å²) in [6.45, 7) is 5.57. The number of carbonyl (C=O) groups excluding carboxylic acids is 1. The second kappa shape index (κ2) is 7.77. The predicted octanol–water partition coefficient (Wildman–Crippen LogP) is 2.92. The number of rotatable bonds is 4. The van der Waals surface area contributed by atoms with Crippen molar-refractivity contribution in [2.45, 2.75) is 20.0 Å². The van der Waals surface area contributed by atoms with Crippen LogP contribution in [0.5, 0.6) is 5.75 Å². The maximum absolute atomic E-state index is 13.2. The van der Waals surface area contributed by atoms with Gasteiger partial charge in [0, 0.05) is 18.9 Å². The predicted molar refractivity (Wildman–Crippen MR) is 105 cm³/mol. The number of amides is 1. The molecule has 4 heterocycles. The second-order valence-corrected chi connectivity index (χ2v) is 7.14. The normalized spacial score (nSPS) is 17.1. The zero-order valence-corrected chi connectivity index (χ0v) is 16.5. The van der Waals surface area contributed by atoms with E-state index < -0.39 is 0 Å². The van der Waals surface area contributed by atoms with Gasteiger partial charge in [0.1, 0.15) is 24.1 Å². The van der Waals surface area contributed by atoms with Crippen molar-refractivity contribution in [3.05, 3.63) is 58.8 Å². The molecule has 1 aliphatic heterocycles. The van der Waals surface area contributed by atoms with E-state index in [0.717, 1.165) is 16.9 Å². The molecule has 0 bridgehead atoms. The van der Waals surface area contributed by atoms with Crippen LogP contribution in [-0.4, -0.2) is 57.6 Å². The number of aromatic nitrogens is 3. The monoisotopic (exact) mass is 400 g/mol. The minimum absolute atomic E-state index is 0.0525.